The highest BCUT2D eigenvalue weighted by molar-refractivity contribution is 7.89. The van der Waals surface area contributed by atoms with Crippen molar-refractivity contribution in [2.75, 3.05) is 12.3 Å². The molecule has 0 radical (unpaired) electrons. The first-order valence-corrected chi connectivity index (χ1v) is 6.50. The molecule has 82 valence electrons. The van der Waals surface area contributed by atoms with Crippen molar-refractivity contribution in [1.29, 1.82) is 0 Å². The Hall–Kier alpha value is -1.23. The minimum absolute atomic E-state index is 0.124. The lowest BCUT2D eigenvalue weighted by molar-refractivity contribution is 0.425. The Morgan fingerprint density at radius 1 is 1.67 bits per heavy atom. The van der Waals surface area contributed by atoms with Gasteiger partial charge in [0.2, 0.25) is 10.0 Å². The number of allylic oxidation sites excluding steroid dienone is 2. The number of hydrogen-bond acceptors (Lipinski definition) is 3. The predicted octanol–water partition coefficient (Wildman–Crippen LogP) is 0.577. The maximum Gasteiger partial charge on any atom is 0.235 e. The Morgan fingerprint density at radius 2 is 2.47 bits per heavy atom. The van der Waals surface area contributed by atoms with Crippen molar-refractivity contribution in [3.05, 3.63) is 36.7 Å². The molecule has 2 heterocycles. The van der Waals surface area contributed by atoms with Crippen LogP contribution in [0.3, 0.4) is 0 Å². The summed E-state index contributed by atoms with van der Waals surface area (Å²) in [6.45, 7) is 3.93. The summed E-state index contributed by atoms with van der Waals surface area (Å²) >= 11 is 0. The fourth-order valence-electron chi connectivity index (χ4n) is 1.88. The fraction of sp³-hybridized carbons (Fsp3) is 0.400. The van der Waals surface area contributed by atoms with Gasteiger partial charge < -0.3 is 5.32 Å². The smallest absolute Gasteiger partial charge is 0.235 e. The largest absolute Gasteiger partial charge is 0.383 e. The molecule has 0 bridgehead atoms. The summed E-state index contributed by atoms with van der Waals surface area (Å²) in [7, 11) is -3.14. The number of fused-ring (bicyclic) bond motifs is 1. The molecule has 0 aromatic heterocycles. The Balaban J connectivity index is 2.37. The molecular formula is C10H14N2O2S. The van der Waals surface area contributed by atoms with Crippen LogP contribution in [0.15, 0.2) is 36.7 Å². The minimum Gasteiger partial charge on any atom is -0.383 e. The monoisotopic (exact) mass is 226 g/mol. The van der Waals surface area contributed by atoms with E-state index in [2.05, 4.69) is 11.9 Å². The molecule has 0 aliphatic carbocycles. The maximum atomic E-state index is 11.8. The topological polar surface area (TPSA) is 49.4 Å². The van der Waals surface area contributed by atoms with E-state index in [0.717, 1.165) is 5.70 Å². The summed E-state index contributed by atoms with van der Waals surface area (Å²) in [5.74, 6) is 0.198. The van der Waals surface area contributed by atoms with Crippen molar-refractivity contribution in [3.8, 4) is 0 Å². The highest BCUT2D eigenvalue weighted by Gasteiger charge is 2.34. The van der Waals surface area contributed by atoms with Gasteiger partial charge in [-0.05, 0) is 24.8 Å². The third-order valence-corrected chi connectivity index (χ3v) is 4.38. The van der Waals surface area contributed by atoms with Crippen molar-refractivity contribution >= 4 is 10.0 Å². The molecule has 1 fully saturated rings. The average Bonchev–Trinajstić information content (AvgIpc) is 2.23. The molecule has 0 saturated carbocycles. The highest BCUT2D eigenvalue weighted by atomic mass is 32.2. The SMILES string of the molecule is C=CCN1C2=CC=CNC2CCS1(=O)=O. The third kappa shape index (κ3) is 1.79. The van der Waals surface area contributed by atoms with Crippen molar-refractivity contribution < 1.29 is 8.42 Å². The van der Waals surface area contributed by atoms with Crippen LogP contribution in [-0.4, -0.2) is 31.1 Å². The second-order valence-electron chi connectivity index (χ2n) is 3.59. The van der Waals surface area contributed by atoms with E-state index in [1.54, 1.807) is 6.08 Å². The molecule has 4 nitrogen and oxygen atoms in total. The normalized spacial score (nSPS) is 27.6. The van der Waals surface area contributed by atoms with Crippen molar-refractivity contribution in [2.24, 2.45) is 0 Å². The number of sulfonamides is 1. The van der Waals surface area contributed by atoms with Crippen LogP contribution in [0.4, 0.5) is 0 Å². The molecule has 1 atom stereocenters. The molecule has 0 spiro atoms. The van der Waals surface area contributed by atoms with Gasteiger partial charge in [-0.15, -0.1) is 6.58 Å². The molecule has 15 heavy (non-hydrogen) atoms. The van der Waals surface area contributed by atoms with Gasteiger partial charge in [-0.3, -0.25) is 4.31 Å². The minimum atomic E-state index is -3.14. The van der Waals surface area contributed by atoms with Crippen LogP contribution in [0.5, 0.6) is 0 Å². The number of rotatable bonds is 2. The summed E-state index contributed by atoms with van der Waals surface area (Å²) < 4.78 is 25.1. The Labute approximate surface area is 90.0 Å². The van der Waals surface area contributed by atoms with Crippen LogP contribution in [0.25, 0.3) is 0 Å². The number of hydrogen-bond donors (Lipinski definition) is 1. The van der Waals surface area contributed by atoms with Gasteiger partial charge in [0.1, 0.15) is 0 Å². The van der Waals surface area contributed by atoms with Gasteiger partial charge in [0.15, 0.2) is 0 Å². The Kier molecular flexibility index (Phi) is 2.56. The first-order valence-electron chi connectivity index (χ1n) is 4.89. The molecule has 1 N–H and O–H groups in total. The molecule has 0 aromatic carbocycles. The van der Waals surface area contributed by atoms with E-state index in [-0.39, 0.29) is 11.8 Å². The zero-order valence-corrected chi connectivity index (χ0v) is 9.20. The summed E-state index contributed by atoms with van der Waals surface area (Å²) in [6.07, 6.45) is 7.76. The summed E-state index contributed by atoms with van der Waals surface area (Å²) in [5.41, 5.74) is 0.823. The van der Waals surface area contributed by atoms with Crippen molar-refractivity contribution in [3.63, 3.8) is 0 Å². The zero-order valence-electron chi connectivity index (χ0n) is 8.39. The second-order valence-corrected chi connectivity index (χ2v) is 5.61. The van der Waals surface area contributed by atoms with Crippen LogP contribution in [-0.2, 0) is 10.0 Å². The van der Waals surface area contributed by atoms with Crippen LogP contribution >= 0.6 is 0 Å². The lowest BCUT2D eigenvalue weighted by Gasteiger charge is -2.37. The van der Waals surface area contributed by atoms with E-state index in [1.165, 1.54) is 4.31 Å². The average molecular weight is 226 g/mol. The molecule has 2 rings (SSSR count). The highest BCUT2D eigenvalue weighted by Crippen LogP contribution is 2.25. The maximum absolute atomic E-state index is 11.8. The number of dihydropyridines is 1. The Morgan fingerprint density at radius 3 is 3.20 bits per heavy atom. The van der Waals surface area contributed by atoms with Gasteiger partial charge in [-0.25, -0.2) is 8.42 Å². The molecule has 1 unspecified atom stereocenters. The Bertz CT molecular complexity index is 423. The predicted molar refractivity (Wildman–Crippen MR) is 59.5 cm³/mol. The van der Waals surface area contributed by atoms with Gasteiger partial charge in [-0.1, -0.05) is 6.08 Å². The third-order valence-electron chi connectivity index (χ3n) is 2.60. The lowest BCUT2D eigenvalue weighted by Crippen LogP contribution is -2.47. The zero-order chi connectivity index (χ0) is 10.9. The molecule has 5 heteroatoms. The van der Waals surface area contributed by atoms with E-state index < -0.39 is 10.0 Å². The van der Waals surface area contributed by atoms with E-state index in [9.17, 15) is 8.42 Å². The molecule has 0 amide bonds. The van der Waals surface area contributed by atoms with Crippen LogP contribution < -0.4 is 5.32 Å². The van der Waals surface area contributed by atoms with Gasteiger partial charge in [-0.2, -0.15) is 0 Å². The first kappa shape index (κ1) is 10.3. The van der Waals surface area contributed by atoms with Gasteiger partial charge in [0.25, 0.3) is 0 Å². The van der Waals surface area contributed by atoms with Crippen LogP contribution in [0.2, 0.25) is 0 Å². The number of nitrogens with one attached hydrogen (secondary N) is 1. The van der Waals surface area contributed by atoms with Crippen molar-refractivity contribution in [1.82, 2.24) is 9.62 Å². The van der Waals surface area contributed by atoms with Gasteiger partial charge in [0.05, 0.1) is 24.0 Å². The molecule has 1 saturated heterocycles. The molecule has 2 aliphatic rings. The number of nitrogens with zero attached hydrogens (tertiary/aromatic N) is 1. The van der Waals surface area contributed by atoms with E-state index in [4.69, 9.17) is 0 Å². The first-order chi connectivity index (χ1) is 7.15. The standard InChI is InChI=1S/C10H14N2O2S/c1-2-7-12-10-4-3-6-11-9(10)5-8-15(12,13)14/h2-4,6,9,11H,1,5,7-8H2. The van der Waals surface area contributed by atoms with Crippen molar-refractivity contribution in [2.45, 2.75) is 12.5 Å². The summed E-state index contributed by atoms with van der Waals surface area (Å²) in [6, 6.07) is 0.124. The van der Waals surface area contributed by atoms with Crippen LogP contribution in [0, 0.1) is 0 Å². The summed E-state index contributed by atoms with van der Waals surface area (Å²) in [4.78, 5) is 0. The summed E-state index contributed by atoms with van der Waals surface area (Å²) in [5, 5.41) is 3.16. The molecular weight excluding hydrogens is 212 g/mol. The van der Waals surface area contributed by atoms with Gasteiger partial charge >= 0.3 is 0 Å². The second kappa shape index (κ2) is 3.73. The molecule has 0 aromatic rings. The lowest BCUT2D eigenvalue weighted by atomic mass is 10.1. The van der Waals surface area contributed by atoms with E-state index in [1.807, 2.05) is 18.4 Å². The van der Waals surface area contributed by atoms with Crippen LogP contribution in [0.1, 0.15) is 6.42 Å². The van der Waals surface area contributed by atoms with E-state index >= 15 is 0 Å². The molecule has 2 aliphatic heterocycles. The fourth-order valence-corrected chi connectivity index (χ4v) is 3.48. The van der Waals surface area contributed by atoms with Gasteiger partial charge in [0, 0.05) is 0 Å². The quantitative estimate of drug-likeness (QED) is 0.701. The van der Waals surface area contributed by atoms with E-state index in [0.29, 0.717) is 13.0 Å².